The average Bonchev–Trinajstić information content (AvgIpc) is 2.32. The molecule has 0 aliphatic carbocycles. The van der Waals surface area contributed by atoms with Crippen LogP contribution in [0, 0.1) is 11.8 Å². The molecule has 0 aliphatic heterocycles. The van der Waals surface area contributed by atoms with Crippen LogP contribution in [-0.4, -0.2) is 64.6 Å². The molecule has 0 saturated carbocycles. The van der Waals surface area contributed by atoms with Gasteiger partial charge in [0, 0.05) is 39.9 Å². The van der Waals surface area contributed by atoms with Crippen molar-refractivity contribution in [1.82, 2.24) is 10.2 Å². The maximum Gasteiger partial charge on any atom is 0.0630 e. The average molecular weight is 274 g/mol. The Bertz CT molecular complexity index is 199. The molecule has 1 N–H and O–H groups in total. The van der Waals surface area contributed by atoms with Gasteiger partial charge in [0.05, 0.1) is 13.2 Å². The lowest BCUT2D eigenvalue weighted by atomic mass is 10.1. The first kappa shape index (κ1) is 18.8. The molecule has 0 saturated heterocycles. The Morgan fingerprint density at radius 1 is 0.947 bits per heavy atom. The maximum absolute atomic E-state index is 5.38. The van der Waals surface area contributed by atoms with Crippen LogP contribution >= 0.6 is 0 Å². The molecule has 0 radical (unpaired) electrons. The second-order valence-corrected chi connectivity index (χ2v) is 6.04. The summed E-state index contributed by atoms with van der Waals surface area (Å²) >= 11 is 0. The molecule has 4 heteroatoms. The Hall–Kier alpha value is -0.160. The fourth-order valence-electron chi connectivity index (χ4n) is 2.12. The lowest BCUT2D eigenvalue weighted by Gasteiger charge is -2.33. The lowest BCUT2D eigenvalue weighted by Crippen LogP contribution is -2.48. The second-order valence-electron chi connectivity index (χ2n) is 6.04. The Morgan fingerprint density at radius 3 is 2.11 bits per heavy atom. The van der Waals surface area contributed by atoms with Crippen molar-refractivity contribution in [3.63, 3.8) is 0 Å². The van der Waals surface area contributed by atoms with Crippen molar-refractivity contribution in [2.24, 2.45) is 11.8 Å². The summed E-state index contributed by atoms with van der Waals surface area (Å²) in [6, 6.07) is 0.418. The molecule has 1 unspecified atom stereocenters. The largest absolute Gasteiger partial charge is 0.383 e. The number of ether oxygens (including phenoxy) is 2. The van der Waals surface area contributed by atoms with Crippen LogP contribution in [0.15, 0.2) is 0 Å². The van der Waals surface area contributed by atoms with Crippen molar-refractivity contribution >= 4 is 0 Å². The summed E-state index contributed by atoms with van der Waals surface area (Å²) in [5, 5.41) is 3.54. The lowest BCUT2D eigenvalue weighted by molar-refractivity contribution is 0.0597. The highest BCUT2D eigenvalue weighted by Crippen LogP contribution is 2.05. The molecule has 0 spiro atoms. The minimum Gasteiger partial charge on any atom is -0.383 e. The quantitative estimate of drug-likeness (QED) is 0.589. The third-order valence-corrected chi connectivity index (χ3v) is 2.99. The number of hydrogen-bond donors (Lipinski definition) is 1. The van der Waals surface area contributed by atoms with E-state index >= 15 is 0 Å². The number of hydrogen-bond acceptors (Lipinski definition) is 4. The van der Waals surface area contributed by atoms with Crippen LogP contribution in [0.3, 0.4) is 0 Å². The molecule has 116 valence electrons. The van der Waals surface area contributed by atoms with Crippen molar-refractivity contribution in [3.8, 4) is 0 Å². The summed E-state index contributed by atoms with van der Waals surface area (Å²) in [4.78, 5) is 2.48. The minimum absolute atomic E-state index is 0.418. The molecule has 19 heavy (non-hydrogen) atoms. The number of nitrogens with zero attached hydrogens (tertiary/aromatic N) is 1. The van der Waals surface area contributed by atoms with E-state index in [4.69, 9.17) is 9.47 Å². The first-order valence-electron chi connectivity index (χ1n) is 7.43. The SMILES string of the molecule is COCCN(CC(C)C)C(CNCC(C)C)COC. The van der Waals surface area contributed by atoms with Crippen molar-refractivity contribution < 1.29 is 9.47 Å². The van der Waals surface area contributed by atoms with Crippen LogP contribution in [0.5, 0.6) is 0 Å². The third kappa shape index (κ3) is 10.3. The standard InChI is InChI=1S/C15H34N2O2/c1-13(2)9-16-10-15(12-19-6)17(7-8-18-5)11-14(3)4/h13-16H,7-12H2,1-6H3. The van der Waals surface area contributed by atoms with Gasteiger partial charge in [-0.15, -0.1) is 0 Å². The molecule has 0 fully saturated rings. The molecule has 4 nitrogen and oxygen atoms in total. The molecule has 0 aromatic carbocycles. The van der Waals surface area contributed by atoms with Crippen LogP contribution in [0.4, 0.5) is 0 Å². The van der Waals surface area contributed by atoms with Crippen molar-refractivity contribution in [1.29, 1.82) is 0 Å². The minimum atomic E-state index is 0.418. The molecule has 0 amide bonds. The van der Waals surface area contributed by atoms with E-state index in [0.29, 0.717) is 17.9 Å². The molecule has 1 atom stereocenters. The number of rotatable bonds is 12. The van der Waals surface area contributed by atoms with Gasteiger partial charge >= 0.3 is 0 Å². The Labute approximate surface area is 119 Å². The highest BCUT2D eigenvalue weighted by atomic mass is 16.5. The summed E-state index contributed by atoms with van der Waals surface area (Å²) in [7, 11) is 3.54. The fourth-order valence-corrected chi connectivity index (χ4v) is 2.12. The maximum atomic E-state index is 5.38. The van der Waals surface area contributed by atoms with E-state index in [-0.39, 0.29) is 0 Å². The summed E-state index contributed by atoms with van der Waals surface area (Å²) in [6.07, 6.45) is 0. The van der Waals surface area contributed by atoms with Crippen LogP contribution in [-0.2, 0) is 9.47 Å². The predicted octanol–water partition coefficient (Wildman–Crippen LogP) is 1.85. The van der Waals surface area contributed by atoms with E-state index in [9.17, 15) is 0 Å². The van der Waals surface area contributed by atoms with E-state index in [1.54, 1.807) is 14.2 Å². The Kier molecular flexibility index (Phi) is 11.6. The summed E-state index contributed by atoms with van der Waals surface area (Å²) in [6.45, 7) is 14.6. The van der Waals surface area contributed by atoms with Gasteiger partial charge < -0.3 is 14.8 Å². The molecular formula is C15H34N2O2. The molecule has 0 rings (SSSR count). The van der Waals surface area contributed by atoms with Crippen molar-refractivity contribution in [2.75, 3.05) is 53.6 Å². The number of nitrogens with one attached hydrogen (secondary N) is 1. The van der Waals surface area contributed by atoms with Crippen LogP contribution in [0.2, 0.25) is 0 Å². The van der Waals surface area contributed by atoms with Gasteiger partial charge in [0.25, 0.3) is 0 Å². The van der Waals surface area contributed by atoms with E-state index < -0.39 is 0 Å². The Balaban J connectivity index is 4.35. The fraction of sp³-hybridized carbons (Fsp3) is 1.00. The van der Waals surface area contributed by atoms with Crippen LogP contribution < -0.4 is 5.32 Å². The van der Waals surface area contributed by atoms with Gasteiger partial charge in [-0.3, -0.25) is 4.90 Å². The highest BCUT2D eigenvalue weighted by molar-refractivity contribution is 4.75. The van der Waals surface area contributed by atoms with Gasteiger partial charge in [-0.2, -0.15) is 0 Å². The van der Waals surface area contributed by atoms with E-state index in [0.717, 1.165) is 39.4 Å². The van der Waals surface area contributed by atoms with Gasteiger partial charge in [0.1, 0.15) is 0 Å². The first-order valence-corrected chi connectivity index (χ1v) is 7.43. The predicted molar refractivity (Wildman–Crippen MR) is 81.7 cm³/mol. The molecule has 0 aliphatic rings. The first-order chi connectivity index (χ1) is 9.01. The molecule has 0 aromatic heterocycles. The van der Waals surface area contributed by atoms with Crippen molar-refractivity contribution in [2.45, 2.75) is 33.7 Å². The molecule has 0 aromatic rings. The smallest absolute Gasteiger partial charge is 0.0630 e. The Morgan fingerprint density at radius 2 is 1.63 bits per heavy atom. The zero-order chi connectivity index (χ0) is 14.7. The molecular weight excluding hydrogens is 240 g/mol. The summed E-state index contributed by atoms with van der Waals surface area (Å²) in [5.41, 5.74) is 0. The molecule has 0 heterocycles. The van der Waals surface area contributed by atoms with Gasteiger partial charge in [-0.1, -0.05) is 27.7 Å². The normalized spacial score (nSPS) is 13.7. The van der Waals surface area contributed by atoms with Crippen LogP contribution in [0.25, 0.3) is 0 Å². The third-order valence-electron chi connectivity index (χ3n) is 2.99. The van der Waals surface area contributed by atoms with Crippen molar-refractivity contribution in [3.05, 3.63) is 0 Å². The van der Waals surface area contributed by atoms with E-state index in [1.807, 2.05) is 0 Å². The highest BCUT2D eigenvalue weighted by Gasteiger charge is 2.19. The second kappa shape index (κ2) is 11.6. The van der Waals surface area contributed by atoms with Gasteiger partial charge in [0.15, 0.2) is 0 Å². The van der Waals surface area contributed by atoms with E-state index in [2.05, 4.69) is 37.9 Å². The topological polar surface area (TPSA) is 33.7 Å². The van der Waals surface area contributed by atoms with Crippen LogP contribution in [0.1, 0.15) is 27.7 Å². The number of methoxy groups -OCH3 is 2. The zero-order valence-electron chi connectivity index (χ0n) is 13.7. The summed E-state index contributed by atoms with van der Waals surface area (Å²) < 4.78 is 10.6. The van der Waals surface area contributed by atoms with Gasteiger partial charge in [0.2, 0.25) is 0 Å². The van der Waals surface area contributed by atoms with Gasteiger partial charge in [-0.25, -0.2) is 0 Å². The molecule has 0 bridgehead atoms. The van der Waals surface area contributed by atoms with E-state index in [1.165, 1.54) is 0 Å². The zero-order valence-corrected chi connectivity index (χ0v) is 13.7. The van der Waals surface area contributed by atoms with Gasteiger partial charge in [-0.05, 0) is 18.4 Å². The summed E-state index contributed by atoms with van der Waals surface area (Å²) in [5.74, 6) is 1.34. The monoisotopic (exact) mass is 274 g/mol.